The highest BCUT2D eigenvalue weighted by Crippen LogP contribution is 2.24. The largest absolute Gasteiger partial charge is 0.453 e. The normalized spacial score (nSPS) is 11.1. The number of ketones is 1. The fraction of sp³-hybridized carbons (Fsp3) is 0.846. The molecular formula is C13H25NO3. The van der Waals surface area contributed by atoms with E-state index in [-0.39, 0.29) is 17.7 Å². The SMILES string of the molecule is CCCCCCC(C)(C)C(=O)CNC(=O)OC. The van der Waals surface area contributed by atoms with Crippen LogP contribution in [0.1, 0.15) is 52.9 Å². The van der Waals surface area contributed by atoms with Gasteiger partial charge in [-0.2, -0.15) is 0 Å². The summed E-state index contributed by atoms with van der Waals surface area (Å²) in [4.78, 5) is 22.7. The van der Waals surface area contributed by atoms with Crippen molar-refractivity contribution in [2.75, 3.05) is 13.7 Å². The smallest absolute Gasteiger partial charge is 0.407 e. The molecule has 0 fully saturated rings. The molecule has 0 saturated carbocycles. The summed E-state index contributed by atoms with van der Waals surface area (Å²) in [5, 5.41) is 2.43. The van der Waals surface area contributed by atoms with E-state index in [1.54, 1.807) is 0 Å². The van der Waals surface area contributed by atoms with Gasteiger partial charge in [0, 0.05) is 5.41 Å². The first-order valence-corrected chi connectivity index (χ1v) is 6.29. The zero-order valence-corrected chi connectivity index (χ0v) is 11.5. The summed E-state index contributed by atoms with van der Waals surface area (Å²) in [7, 11) is 1.29. The molecule has 0 aromatic rings. The Kier molecular flexibility index (Phi) is 7.59. The van der Waals surface area contributed by atoms with Gasteiger partial charge in [-0.15, -0.1) is 0 Å². The van der Waals surface area contributed by atoms with Gasteiger partial charge in [0.1, 0.15) is 0 Å². The number of Topliss-reactive ketones (excluding diaryl/α,β-unsaturated/α-hetero) is 1. The maximum absolute atomic E-state index is 11.9. The quantitative estimate of drug-likeness (QED) is 0.667. The van der Waals surface area contributed by atoms with Crippen LogP contribution in [0.4, 0.5) is 4.79 Å². The summed E-state index contributed by atoms with van der Waals surface area (Å²) < 4.78 is 4.42. The Morgan fingerprint density at radius 2 is 1.82 bits per heavy atom. The Morgan fingerprint density at radius 1 is 1.18 bits per heavy atom. The zero-order chi connectivity index (χ0) is 13.3. The first-order valence-electron chi connectivity index (χ1n) is 6.29. The van der Waals surface area contributed by atoms with Crippen LogP contribution in [0, 0.1) is 5.41 Å². The standard InChI is InChI=1S/C13H25NO3/c1-5-6-7-8-9-13(2,3)11(15)10-14-12(16)17-4/h5-10H2,1-4H3,(H,14,16). The van der Waals surface area contributed by atoms with Crippen molar-refractivity contribution in [1.29, 1.82) is 0 Å². The monoisotopic (exact) mass is 243 g/mol. The van der Waals surface area contributed by atoms with Crippen LogP contribution in [0.15, 0.2) is 0 Å². The highest BCUT2D eigenvalue weighted by molar-refractivity contribution is 5.88. The number of hydrogen-bond acceptors (Lipinski definition) is 3. The lowest BCUT2D eigenvalue weighted by Gasteiger charge is -2.23. The third-order valence-electron chi connectivity index (χ3n) is 2.99. The highest BCUT2D eigenvalue weighted by Gasteiger charge is 2.26. The number of hydrogen-bond donors (Lipinski definition) is 1. The molecule has 4 heteroatoms. The molecule has 0 aromatic heterocycles. The molecule has 0 bridgehead atoms. The summed E-state index contributed by atoms with van der Waals surface area (Å²) in [5.74, 6) is 0.0550. The lowest BCUT2D eigenvalue weighted by Crippen LogP contribution is -2.36. The van der Waals surface area contributed by atoms with E-state index >= 15 is 0 Å². The lowest BCUT2D eigenvalue weighted by molar-refractivity contribution is -0.126. The molecule has 0 spiro atoms. The number of carbonyl (C=O) groups is 2. The number of unbranched alkanes of at least 4 members (excludes halogenated alkanes) is 3. The van der Waals surface area contributed by atoms with Gasteiger partial charge in [0.15, 0.2) is 5.78 Å². The second-order valence-corrected chi connectivity index (χ2v) is 4.96. The van der Waals surface area contributed by atoms with Gasteiger partial charge in [0.05, 0.1) is 13.7 Å². The number of nitrogens with one attached hydrogen (secondary N) is 1. The fourth-order valence-corrected chi connectivity index (χ4v) is 1.60. The molecule has 0 radical (unpaired) electrons. The molecule has 100 valence electrons. The predicted molar refractivity (Wildman–Crippen MR) is 68.0 cm³/mol. The molecular weight excluding hydrogens is 218 g/mol. The van der Waals surface area contributed by atoms with Gasteiger partial charge in [-0.05, 0) is 6.42 Å². The van der Waals surface area contributed by atoms with Gasteiger partial charge < -0.3 is 10.1 Å². The van der Waals surface area contributed by atoms with E-state index in [2.05, 4.69) is 17.0 Å². The van der Waals surface area contributed by atoms with E-state index in [0.29, 0.717) is 0 Å². The van der Waals surface area contributed by atoms with E-state index in [9.17, 15) is 9.59 Å². The number of carbonyl (C=O) groups excluding carboxylic acids is 2. The van der Waals surface area contributed by atoms with Crippen molar-refractivity contribution in [2.24, 2.45) is 5.41 Å². The maximum atomic E-state index is 11.9. The molecule has 0 heterocycles. The summed E-state index contributed by atoms with van der Waals surface area (Å²) >= 11 is 0. The summed E-state index contributed by atoms with van der Waals surface area (Å²) in [6.45, 7) is 6.07. The Balaban J connectivity index is 3.93. The molecule has 1 N–H and O–H groups in total. The Bertz CT molecular complexity index is 249. The molecule has 0 aliphatic carbocycles. The van der Waals surface area contributed by atoms with E-state index in [1.165, 1.54) is 20.0 Å². The van der Waals surface area contributed by atoms with Crippen LogP contribution in [0.3, 0.4) is 0 Å². The highest BCUT2D eigenvalue weighted by atomic mass is 16.5. The Labute approximate surface area is 104 Å². The minimum atomic E-state index is -0.555. The third-order valence-corrected chi connectivity index (χ3v) is 2.99. The van der Waals surface area contributed by atoms with Crippen molar-refractivity contribution >= 4 is 11.9 Å². The minimum Gasteiger partial charge on any atom is -0.453 e. The Morgan fingerprint density at radius 3 is 2.35 bits per heavy atom. The average Bonchev–Trinajstić information content (AvgIpc) is 2.31. The van der Waals surface area contributed by atoms with Crippen LogP contribution in [0.2, 0.25) is 0 Å². The topological polar surface area (TPSA) is 55.4 Å². The van der Waals surface area contributed by atoms with Crippen LogP contribution in [0.5, 0.6) is 0 Å². The van der Waals surface area contributed by atoms with Crippen molar-refractivity contribution in [3.8, 4) is 0 Å². The van der Waals surface area contributed by atoms with Gasteiger partial charge in [0.25, 0.3) is 0 Å². The summed E-state index contributed by atoms with van der Waals surface area (Å²) in [6.07, 6.45) is 4.94. The molecule has 0 unspecified atom stereocenters. The fourth-order valence-electron chi connectivity index (χ4n) is 1.60. The summed E-state index contributed by atoms with van der Waals surface area (Å²) in [5.41, 5.74) is -0.366. The summed E-state index contributed by atoms with van der Waals surface area (Å²) in [6, 6.07) is 0. The van der Waals surface area contributed by atoms with Crippen molar-refractivity contribution in [3.05, 3.63) is 0 Å². The third kappa shape index (κ3) is 6.97. The van der Waals surface area contributed by atoms with Gasteiger partial charge >= 0.3 is 6.09 Å². The van der Waals surface area contributed by atoms with E-state index < -0.39 is 6.09 Å². The van der Waals surface area contributed by atoms with Crippen LogP contribution < -0.4 is 5.32 Å². The van der Waals surface area contributed by atoms with Gasteiger partial charge in [-0.3, -0.25) is 4.79 Å². The van der Waals surface area contributed by atoms with Crippen molar-refractivity contribution < 1.29 is 14.3 Å². The predicted octanol–water partition coefficient (Wildman–Crippen LogP) is 2.91. The molecule has 0 aliphatic rings. The van der Waals surface area contributed by atoms with Crippen LogP contribution in [-0.4, -0.2) is 25.5 Å². The molecule has 4 nitrogen and oxygen atoms in total. The molecule has 0 atom stereocenters. The molecule has 0 rings (SSSR count). The van der Waals surface area contributed by atoms with Crippen molar-refractivity contribution in [2.45, 2.75) is 52.9 Å². The molecule has 1 amide bonds. The number of rotatable bonds is 8. The second kappa shape index (κ2) is 8.09. The second-order valence-electron chi connectivity index (χ2n) is 4.96. The number of methoxy groups -OCH3 is 1. The van der Waals surface area contributed by atoms with Gasteiger partial charge in [0.2, 0.25) is 0 Å². The van der Waals surface area contributed by atoms with E-state index in [1.807, 2.05) is 13.8 Å². The molecule has 0 aliphatic heterocycles. The minimum absolute atomic E-state index is 0.0491. The van der Waals surface area contributed by atoms with Crippen LogP contribution in [-0.2, 0) is 9.53 Å². The van der Waals surface area contributed by atoms with E-state index in [4.69, 9.17) is 0 Å². The van der Waals surface area contributed by atoms with Crippen LogP contribution >= 0.6 is 0 Å². The average molecular weight is 243 g/mol. The Hall–Kier alpha value is -1.06. The molecule has 0 aromatic carbocycles. The van der Waals surface area contributed by atoms with Gasteiger partial charge in [-0.1, -0.05) is 46.5 Å². The van der Waals surface area contributed by atoms with Crippen LogP contribution in [0.25, 0.3) is 0 Å². The van der Waals surface area contributed by atoms with Crippen molar-refractivity contribution in [3.63, 3.8) is 0 Å². The first-order chi connectivity index (χ1) is 7.94. The lowest BCUT2D eigenvalue weighted by atomic mass is 9.82. The first kappa shape index (κ1) is 15.9. The number of amides is 1. The zero-order valence-electron chi connectivity index (χ0n) is 11.5. The van der Waals surface area contributed by atoms with Crippen molar-refractivity contribution in [1.82, 2.24) is 5.32 Å². The number of ether oxygens (including phenoxy) is 1. The molecule has 17 heavy (non-hydrogen) atoms. The molecule has 0 saturated heterocycles. The maximum Gasteiger partial charge on any atom is 0.407 e. The van der Waals surface area contributed by atoms with Gasteiger partial charge in [-0.25, -0.2) is 4.79 Å². The van der Waals surface area contributed by atoms with E-state index in [0.717, 1.165) is 19.3 Å². The number of alkyl carbamates (subject to hydrolysis) is 1.